The Hall–Kier alpha value is -3.06. The number of carbonyl (C=O) groups excluding carboxylic acids is 1. The topological polar surface area (TPSA) is 79.0 Å². The number of aromatic nitrogens is 2. The summed E-state index contributed by atoms with van der Waals surface area (Å²) in [7, 11) is 0. The monoisotopic (exact) mass is 436 g/mol. The number of nitrogens with zero attached hydrogens (tertiary/aromatic N) is 1. The molecule has 3 aromatic rings. The first-order chi connectivity index (χ1) is 13.6. The fourth-order valence-electron chi connectivity index (χ4n) is 3.63. The highest BCUT2D eigenvalue weighted by Gasteiger charge is 2.25. The Morgan fingerprint density at radius 3 is 2.96 bits per heavy atom. The van der Waals surface area contributed by atoms with Crippen LogP contribution in [0.2, 0.25) is 0 Å². The molecule has 0 radical (unpaired) electrons. The molecule has 5 rings (SSSR count). The van der Waals surface area contributed by atoms with Gasteiger partial charge in [0.15, 0.2) is 0 Å². The van der Waals surface area contributed by atoms with E-state index in [1.807, 2.05) is 42.7 Å². The minimum absolute atomic E-state index is 0.103. The zero-order chi connectivity index (χ0) is 19.3. The Kier molecular flexibility index (Phi) is 3.98. The van der Waals surface area contributed by atoms with Gasteiger partial charge in [0.2, 0.25) is 5.88 Å². The van der Waals surface area contributed by atoms with Crippen LogP contribution in [-0.2, 0) is 4.79 Å². The average molecular weight is 437 g/mol. The normalized spacial score (nSPS) is 16.2. The largest absolute Gasteiger partial charge is 0.474 e. The number of carbonyl (C=O) groups is 1. The molecule has 3 N–H and O–H groups in total. The Labute approximate surface area is 170 Å². The molecule has 0 bridgehead atoms. The van der Waals surface area contributed by atoms with Crippen molar-refractivity contribution in [1.82, 2.24) is 9.97 Å². The van der Waals surface area contributed by atoms with Gasteiger partial charge in [0, 0.05) is 45.9 Å². The molecule has 2 aliphatic rings. The van der Waals surface area contributed by atoms with Crippen molar-refractivity contribution in [2.45, 2.75) is 6.92 Å². The van der Waals surface area contributed by atoms with Crippen molar-refractivity contribution >= 4 is 44.9 Å². The Bertz CT molecular complexity index is 1150. The number of pyridine rings is 1. The molecular weight excluding hydrogens is 420 g/mol. The molecule has 2 aliphatic heterocycles. The van der Waals surface area contributed by atoms with Gasteiger partial charge in [0.25, 0.3) is 5.91 Å². The van der Waals surface area contributed by atoms with E-state index in [9.17, 15) is 4.79 Å². The third-order valence-corrected chi connectivity index (χ3v) is 5.49. The molecule has 28 heavy (non-hydrogen) atoms. The molecule has 0 fully saturated rings. The van der Waals surface area contributed by atoms with Crippen LogP contribution in [0.1, 0.15) is 16.8 Å². The van der Waals surface area contributed by atoms with Gasteiger partial charge in [-0.2, -0.15) is 0 Å². The number of fused-ring (bicyclic) bond motifs is 2. The number of ether oxygens (including phenoxy) is 1. The van der Waals surface area contributed by atoms with Crippen LogP contribution in [0.4, 0.5) is 11.4 Å². The van der Waals surface area contributed by atoms with Crippen LogP contribution in [0.25, 0.3) is 22.8 Å². The molecule has 0 saturated heterocycles. The van der Waals surface area contributed by atoms with Crippen molar-refractivity contribution in [3.05, 3.63) is 58.0 Å². The molecule has 6 nitrogen and oxygen atoms in total. The minimum atomic E-state index is -0.103. The summed E-state index contributed by atoms with van der Waals surface area (Å²) in [5.41, 5.74) is 7.24. The third-order valence-electron chi connectivity index (χ3n) is 5.03. The number of hydrogen-bond donors (Lipinski definition) is 3. The summed E-state index contributed by atoms with van der Waals surface area (Å²) in [6.07, 6.45) is 5.54. The number of amides is 1. The third kappa shape index (κ3) is 2.79. The van der Waals surface area contributed by atoms with Crippen LogP contribution in [0, 0.1) is 6.92 Å². The number of anilines is 2. The van der Waals surface area contributed by atoms with E-state index in [4.69, 9.17) is 4.74 Å². The molecule has 1 amide bonds. The zero-order valence-corrected chi connectivity index (χ0v) is 16.7. The first-order valence-corrected chi connectivity index (χ1v) is 9.77. The van der Waals surface area contributed by atoms with Crippen LogP contribution in [0.3, 0.4) is 0 Å². The first-order valence-electron chi connectivity index (χ1n) is 8.98. The van der Waals surface area contributed by atoms with E-state index in [1.54, 1.807) is 0 Å². The first kappa shape index (κ1) is 17.1. The highest BCUT2D eigenvalue weighted by atomic mass is 79.9. The summed E-state index contributed by atoms with van der Waals surface area (Å²) in [4.78, 5) is 20.1. The fraction of sp³-hybridized carbons (Fsp3) is 0.143. The molecule has 7 heteroatoms. The summed E-state index contributed by atoms with van der Waals surface area (Å²) in [6.45, 7) is 3.44. The highest BCUT2D eigenvalue weighted by Crippen LogP contribution is 2.39. The van der Waals surface area contributed by atoms with Crippen molar-refractivity contribution in [2.75, 3.05) is 23.8 Å². The van der Waals surface area contributed by atoms with Crippen LogP contribution in [0.5, 0.6) is 5.88 Å². The molecule has 0 unspecified atom stereocenters. The van der Waals surface area contributed by atoms with Gasteiger partial charge in [0.1, 0.15) is 12.3 Å². The van der Waals surface area contributed by atoms with Crippen LogP contribution >= 0.6 is 15.9 Å². The lowest BCUT2D eigenvalue weighted by Crippen LogP contribution is -2.20. The maximum absolute atomic E-state index is 12.5. The standard InChI is InChI=1S/C21H17BrN4O2/c1-11-17(10-25-21-19(11)23-4-5-28-21)12-2-3-18-15(6-12)16(20(27)26-18)8-14-7-13(22)9-24-14/h2-3,6-10,23-24H,4-5H2,1H3,(H,26,27)/b16-8-. The van der Waals surface area contributed by atoms with Crippen molar-refractivity contribution < 1.29 is 9.53 Å². The predicted molar refractivity (Wildman–Crippen MR) is 113 cm³/mol. The Balaban J connectivity index is 1.60. The molecular formula is C21H17BrN4O2. The van der Waals surface area contributed by atoms with Crippen molar-refractivity contribution in [2.24, 2.45) is 0 Å². The van der Waals surface area contributed by atoms with Crippen molar-refractivity contribution in [3.63, 3.8) is 0 Å². The van der Waals surface area contributed by atoms with Gasteiger partial charge >= 0.3 is 0 Å². The second-order valence-electron chi connectivity index (χ2n) is 6.80. The van der Waals surface area contributed by atoms with Crippen LogP contribution in [0.15, 0.2) is 41.1 Å². The second kappa shape index (κ2) is 6.53. The lowest BCUT2D eigenvalue weighted by molar-refractivity contribution is -0.110. The zero-order valence-electron chi connectivity index (χ0n) is 15.1. The van der Waals surface area contributed by atoms with Crippen molar-refractivity contribution in [3.8, 4) is 17.0 Å². The van der Waals surface area contributed by atoms with E-state index in [-0.39, 0.29) is 5.91 Å². The van der Waals surface area contributed by atoms with E-state index >= 15 is 0 Å². The lowest BCUT2D eigenvalue weighted by Gasteiger charge is -2.21. The van der Waals surface area contributed by atoms with Gasteiger partial charge in [-0.15, -0.1) is 0 Å². The number of hydrogen-bond acceptors (Lipinski definition) is 4. The number of nitrogens with one attached hydrogen (secondary N) is 3. The van der Waals surface area contributed by atoms with Gasteiger partial charge in [-0.1, -0.05) is 6.07 Å². The Morgan fingerprint density at radius 1 is 1.25 bits per heavy atom. The van der Waals surface area contributed by atoms with E-state index in [2.05, 4.69) is 43.5 Å². The summed E-state index contributed by atoms with van der Waals surface area (Å²) in [5.74, 6) is 0.539. The average Bonchev–Trinajstić information content (AvgIpc) is 3.25. The SMILES string of the molecule is Cc1c(-c2ccc3c(c2)/C(=C/c2cc(Br)c[nH]2)C(=O)N3)cnc2c1NCCO2. The summed E-state index contributed by atoms with van der Waals surface area (Å²) in [5, 5.41) is 6.31. The summed E-state index contributed by atoms with van der Waals surface area (Å²) >= 11 is 3.42. The predicted octanol–water partition coefficient (Wildman–Crippen LogP) is 4.44. The molecule has 0 aliphatic carbocycles. The molecule has 4 heterocycles. The van der Waals surface area contributed by atoms with Gasteiger partial charge in [-0.3, -0.25) is 4.79 Å². The molecule has 0 atom stereocenters. The smallest absolute Gasteiger partial charge is 0.256 e. The highest BCUT2D eigenvalue weighted by molar-refractivity contribution is 9.10. The quantitative estimate of drug-likeness (QED) is 0.518. The maximum atomic E-state index is 12.5. The molecule has 2 aromatic heterocycles. The number of rotatable bonds is 2. The lowest BCUT2D eigenvalue weighted by atomic mass is 9.96. The number of aromatic amines is 1. The number of H-pyrrole nitrogens is 1. The molecule has 0 saturated carbocycles. The summed E-state index contributed by atoms with van der Waals surface area (Å²) < 4.78 is 6.57. The second-order valence-corrected chi connectivity index (χ2v) is 7.71. The van der Waals surface area contributed by atoms with E-state index in [0.717, 1.165) is 50.3 Å². The van der Waals surface area contributed by atoms with Crippen molar-refractivity contribution in [1.29, 1.82) is 0 Å². The molecule has 1 aromatic carbocycles. The summed E-state index contributed by atoms with van der Waals surface area (Å²) in [6, 6.07) is 7.92. The number of benzene rings is 1. The van der Waals surface area contributed by atoms with Gasteiger partial charge in [0.05, 0.1) is 5.57 Å². The van der Waals surface area contributed by atoms with Crippen LogP contribution in [-0.4, -0.2) is 29.0 Å². The fourth-order valence-corrected chi connectivity index (χ4v) is 3.99. The molecule has 0 spiro atoms. The molecule has 140 valence electrons. The van der Waals surface area contributed by atoms with Crippen LogP contribution < -0.4 is 15.4 Å². The van der Waals surface area contributed by atoms with E-state index < -0.39 is 0 Å². The van der Waals surface area contributed by atoms with Gasteiger partial charge in [-0.25, -0.2) is 4.98 Å². The minimum Gasteiger partial charge on any atom is -0.474 e. The van der Waals surface area contributed by atoms with Gasteiger partial charge in [-0.05, 0) is 58.3 Å². The number of halogens is 1. The van der Waals surface area contributed by atoms with E-state index in [1.165, 1.54) is 0 Å². The van der Waals surface area contributed by atoms with Gasteiger partial charge < -0.3 is 20.4 Å². The maximum Gasteiger partial charge on any atom is 0.256 e. The Morgan fingerprint density at radius 2 is 2.14 bits per heavy atom. The van der Waals surface area contributed by atoms with E-state index in [0.29, 0.717) is 18.1 Å².